The van der Waals surface area contributed by atoms with E-state index in [1.807, 2.05) is 6.92 Å². The van der Waals surface area contributed by atoms with Gasteiger partial charge in [-0.1, -0.05) is 36.0 Å². The Morgan fingerprint density at radius 2 is 1.72 bits per heavy atom. The van der Waals surface area contributed by atoms with Gasteiger partial charge in [0.15, 0.2) is 12.7 Å². The van der Waals surface area contributed by atoms with E-state index in [0.29, 0.717) is 6.54 Å². The van der Waals surface area contributed by atoms with Crippen molar-refractivity contribution in [2.24, 2.45) is 0 Å². The third-order valence-corrected chi connectivity index (χ3v) is 9.81. The smallest absolute Gasteiger partial charge is 0.213 e. The Bertz CT molecular complexity index is 1280. The first kappa shape index (κ1) is 24.0. The van der Waals surface area contributed by atoms with Gasteiger partial charge in [0.25, 0.3) is 0 Å². The van der Waals surface area contributed by atoms with Crippen LogP contribution in [0.1, 0.15) is 18.9 Å². The second-order valence-electron chi connectivity index (χ2n) is 11.4. The predicted molar refractivity (Wildman–Crippen MR) is 149 cm³/mol. The van der Waals surface area contributed by atoms with Gasteiger partial charge in [-0.05, 0) is 36.8 Å². The number of rotatable bonds is 7. The molecular weight excluding hydrogens is 464 g/mol. The summed E-state index contributed by atoms with van der Waals surface area (Å²) >= 11 is 1.79. The molecule has 188 valence electrons. The van der Waals surface area contributed by atoms with Crippen LogP contribution in [0.15, 0.2) is 70.7 Å². The normalized spacial score (nSPS) is 27.1. The molecule has 0 aliphatic carbocycles. The van der Waals surface area contributed by atoms with Gasteiger partial charge in [-0.3, -0.25) is 0 Å². The lowest BCUT2D eigenvalue weighted by Crippen LogP contribution is -2.73. The van der Waals surface area contributed by atoms with Crippen LogP contribution in [-0.4, -0.2) is 79.6 Å². The van der Waals surface area contributed by atoms with Crippen LogP contribution >= 0.6 is 11.8 Å². The minimum atomic E-state index is -0.395. The number of piperazine rings is 3. The molecule has 5 heterocycles. The second kappa shape index (κ2) is 9.49. The summed E-state index contributed by atoms with van der Waals surface area (Å²) in [6.45, 7) is 13.0. The number of β-amino-alcohol motifs (C(OH)–C–C–N with tert-alkyl or cyclic N) is 1. The maximum Gasteiger partial charge on any atom is 0.213 e. The number of nitrogens with zero attached hydrogens (tertiary/aromatic N) is 4. The number of pyridine rings is 1. The van der Waals surface area contributed by atoms with Crippen molar-refractivity contribution >= 4 is 34.4 Å². The van der Waals surface area contributed by atoms with Gasteiger partial charge >= 0.3 is 0 Å². The number of aliphatic hydroxyl groups is 1. The van der Waals surface area contributed by atoms with Crippen molar-refractivity contribution < 1.29 is 18.6 Å². The number of fused-ring (bicyclic) bond motifs is 5. The van der Waals surface area contributed by atoms with E-state index in [9.17, 15) is 5.11 Å². The van der Waals surface area contributed by atoms with Gasteiger partial charge in [-0.25, -0.2) is 0 Å². The Morgan fingerprint density at radius 1 is 1.00 bits per heavy atom. The van der Waals surface area contributed by atoms with Gasteiger partial charge in [-0.2, -0.15) is 4.57 Å². The largest absolute Gasteiger partial charge is 0.392 e. The van der Waals surface area contributed by atoms with E-state index < -0.39 is 6.10 Å². The SMILES string of the molecule is CC(O)CN1/C(=C/c2cc[n+](CCC[N+]34CC[N+](C)(CC3)CC4)c3ccccc23)Sc2ccccc21. The van der Waals surface area contributed by atoms with Crippen molar-refractivity contribution in [3.8, 4) is 0 Å². The maximum atomic E-state index is 10.2. The average Bonchev–Trinajstić information content (AvgIpc) is 3.22. The molecule has 2 bridgehead atoms. The molecule has 5 nitrogen and oxygen atoms in total. The lowest BCUT2D eigenvalue weighted by atomic mass is 10.1. The highest BCUT2D eigenvalue weighted by Gasteiger charge is 2.46. The molecule has 36 heavy (non-hydrogen) atoms. The zero-order valence-corrected chi connectivity index (χ0v) is 22.5. The Kier molecular flexibility index (Phi) is 6.32. The molecule has 0 radical (unpaired) electrons. The molecule has 7 rings (SSSR count). The van der Waals surface area contributed by atoms with Crippen molar-refractivity contribution in [3.63, 3.8) is 0 Å². The molecule has 3 fully saturated rings. The van der Waals surface area contributed by atoms with E-state index in [1.54, 1.807) is 11.8 Å². The summed E-state index contributed by atoms with van der Waals surface area (Å²) in [7, 11) is 2.44. The average molecular weight is 504 g/mol. The van der Waals surface area contributed by atoms with Gasteiger partial charge in [-0.15, -0.1) is 0 Å². The van der Waals surface area contributed by atoms with Gasteiger partial charge in [0, 0.05) is 23.6 Å². The first-order valence-electron chi connectivity index (χ1n) is 13.5. The van der Waals surface area contributed by atoms with E-state index >= 15 is 0 Å². The van der Waals surface area contributed by atoms with E-state index in [0.717, 1.165) is 6.54 Å². The molecule has 1 unspecified atom stereocenters. The predicted octanol–water partition coefficient (Wildman–Crippen LogP) is 4.10. The van der Waals surface area contributed by atoms with Crippen LogP contribution in [0.25, 0.3) is 17.0 Å². The minimum absolute atomic E-state index is 0.395. The number of thioether (sulfide) groups is 1. The highest BCUT2D eigenvalue weighted by atomic mass is 32.2. The first-order chi connectivity index (χ1) is 17.4. The Hall–Kier alpha value is -2.38. The molecule has 3 saturated heterocycles. The minimum Gasteiger partial charge on any atom is -0.392 e. The van der Waals surface area contributed by atoms with Crippen LogP contribution in [0, 0.1) is 0 Å². The van der Waals surface area contributed by atoms with E-state index in [4.69, 9.17) is 0 Å². The Morgan fingerprint density at radius 3 is 2.50 bits per heavy atom. The fraction of sp³-hybridized carbons (Fsp3) is 0.433. The van der Waals surface area contributed by atoms with Crippen molar-refractivity contribution in [2.45, 2.75) is 30.9 Å². The summed E-state index contributed by atoms with van der Waals surface area (Å²) < 4.78 is 5.09. The lowest BCUT2D eigenvalue weighted by Gasteiger charge is -2.54. The summed E-state index contributed by atoms with van der Waals surface area (Å²) in [5.74, 6) is 0. The number of hydrogen-bond donors (Lipinski definition) is 1. The molecule has 0 spiro atoms. The van der Waals surface area contributed by atoms with Gasteiger partial charge in [0.2, 0.25) is 5.52 Å². The number of para-hydroxylation sites is 2. The number of quaternary nitrogens is 2. The number of aliphatic hydroxyl groups excluding tert-OH is 1. The van der Waals surface area contributed by atoms with Crippen molar-refractivity contribution in [3.05, 3.63) is 71.4 Å². The van der Waals surface area contributed by atoms with Crippen LogP contribution in [0.4, 0.5) is 5.69 Å². The Labute approximate surface area is 219 Å². The topological polar surface area (TPSA) is 27.3 Å². The third kappa shape index (κ3) is 4.56. The highest BCUT2D eigenvalue weighted by Crippen LogP contribution is 2.46. The monoisotopic (exact) mass is 503 g/mol. The van der Waals surface area contributed by atoms with Gasteiger partial charge in [0.1, 0.15) is 39.3 Å². The number of hydrogen-bond acceptors (Lipinski definition) is 3. The molecule has 1 atom stereocenters. The molecule has 2 aromatic carbocycles. The summed E-state index contributed by atoms with van der Waals surface area (Å²) in [5, 5.41) is 12.6. The Balaban J connectivity index is 1.24. The number of anilines is 1. The van der Waals surface area contributed by atoms with Crippen molar-refractivity contribution in [1.82, 2.24) is 0 Å². The summed E-state index contributed by atoms with van der Waals surface area (Å²) in [6.07, 6.45) is 5.41. The molecule has 4 aliphatic rings. The summed E-state index contributed by atoms with van der Waals surface area (Å²) in [4.78, 5) is 3.51. The van der Waals surface area contributed by atoms with Crippen LogP contribution in [0.5, 0.6) is 0 Å². The molecule has 0 amide bonds. The molecule has 3 aromatic rings. The molecule has 4 aliphatic heterocycles. The van der Waals surface area contributed by atoms with Crippen LogP contribution in [0.3, 0.4) is 0 Å². The fourth-order valence-electron chi connectivity index (χ4n) is 6.32. The number of aryl methyl sites for hydroxylation is 1. The van der Waals surface area contributed by atoms with Gasteiger partial charge < -0.3 is 19.0 Å². The second-order valence-corrected chi connectivity index (χ2v) is 12.4. The van der Waals surface area contributed by atoms with E-state index in [1.165, 1.54) is 93.3 Å². The van der Waals surface area contributed by atoms with Crippen LogP contribution in [-0.2, 0) is 6.54 Å². The van der Waals surface area contributed by atoms with E-state index in [2.05, 4.69) is 83.4 Å². The van der Waals surface area contributed by atoms with Crippen LogP contribution in [0.2, 0.25) is 0 Å². The highest BCUT2D eigenvalue weighted by molar-refractivity contribution is 8.03. The number of likely N-dealkylation sites (N-methyl/N-ethyl adjacent to an activating group) is 1. The quantitative estimate of drug-likeness (QED) is 0.389. The first-order valence-corrected chi connectivity index (χ1v) is 14.3. The molecule has 1 N–H and O–H groups in total. The summed E-state index contributed by atoms with van der Waals surface area (Å²) in [6, 6.07) is 19.6. The van der Waals surface area contributed by atoms with E-state index in [-0.39, 0.29) is 0 Å². The summed E-state index contributed by atoms with van der Waals surface area (Å²) in [5.41, 5.74) is 3.72. The van der Waals surface area contributed by atoms with Crippen molar-refractivity contribution in [1.29, 1.82) is 0 Å². The standard InChI is InChI=1S/C30H39N4OS/c1-24(35)23-32-28-10-5-6-11-29(28)36-30(32)22-25-12-14-31(27-9-4-3-8-26(25)27)13-7-15-34-19-16-33(2,17-20-34)18-21-34/h3-6,8-12,14,22,24,35H,7,13,15-21,23H2,1-2H3/q+3. The van der Waals surface area contributed by atoms with Gasteiger partial charge in [0.05, 0.1) is 42.2 Å². The number of benzene rings is 2. The third-order valence-electron chi connectivity index (χ3n) is 8.69. The van der Waals surface area contributed by atoms with Crippen molar-refractivity contribution in [2.75, 3.05) is 64.3 Å². The number of aromatic nitrogens is 1. The zero-order chi connectivity index (χ0) is 24.8. The maximum absolute atomic E-state index is 10.2. The van der Waals surface area contributed by atoms with Crippen LogP contribution < -0.4 is 9.47 Å². The molecule has 0 saturated carbocycles. The molecular formula is C30H39N4OS+3. The lowest BCUT2D eigenvalue weighted by molar-refractivity contribution is -1.07. The molecule has 6 heteroatoms. The fourth-order valence-corrected chi connectivity index (χ4v) is 7.44. The molecule has 1 aromatic heterocycles. The zero-order valence-electron chi connectivity index (χ0n) is 21.6.